The lowest BCUT2D eigenvalue weighted by atomic mass is 10.1. The fourth-order valence-electron chi connectivity index (χ4n) is 3.87. The van der Waals surface area contributed by atoms with Crippen molar-refractivity contribution in [2.24, 2.45) is 0 Å². The monoisotopic (exact) mass is 477 g/mol. The molecule has 0 saturated carbocycles. The third kappa shape index (κ3) is 4.42. The van der Waals surface area contributed by atoms with Gasteiger partial charge in [-0.2, -0.15) is 5.10 Å². The number of benzene rings is 1. The second kappa shape index (κ2) is 9.10. The lowest BCUT2D eigenvalue weighted by Gasteiger charge is -2.12. The molecule has 1 aromatic carbocycles. The van der Waals surface area contributed by atoms with Crippen LogP contribution in [-0.2, 0) is 13.0 Å². The van der Waals surface area contributed by atoms with Gasteiger partial charge in [-0.25, -0.2) is 19.3 Å². The molecule has 2 amide bonds. The number of hydrogen-bond acceptors (Lipinski definition) is 7. The Hall–Kier alpha value is -3.99. The van der Waals surface area contributed by atoms with E-state index in [4.69, 9.17) is 0 Å². The van der Waals surface area contributed by atoms with Crippen molar-refractivity contribution in [2.75, 3.05) is 0 Å². The van der Waals surface area contributed by atoms with E-state index in [9.17, 15) is 14.0 Å². The minimum Gasteiger partial charge on any atom is -0.347 e. The first-order chi connectivity index (χ1) is 16.5. The van der Waals surface area contributed by atoms with Crippen LogP contribution in [0.1, 0.15) is 55.0 Å². The van der Waals surface area contributed by atoms with Crippen LogP contribution in [0.2, 0.25) is 0 Å². The molecule has 172 valence electrons. The van der Waals surface area contributed by atoms with Crippen molar-refractivity contribution in [2.45, 2.75) is 32.4 Å². The number of rotatable bonds is 6. The van der Waals surface area contributed by atoms with Gasteiger partial charge in [-0.05, 0) is 48.6 Å². The molecule has 3 heterocycles. The van der Waals surface area contributed by atoms with E-state index in [1.165, 1.54) is 30.4 Å². The van der Waals surface area contributed by atoms with E-state index in [1.54, 1.807) is 30.4 Å². The lowest BCUT2D eigenvalue weighted by molar-refractivity contribution is 0.0932. The van der Waals surface area contributed by atoms with E-state index in [0.717, 1.165) is 28.2 Å². The van der Waals surface area contributed by atoms with Crippen molar-refractivity contribution < 1.29 is 14.0 Å². The molecule has 1 atom stereocenters. The van der Waals surface area contributed by atoms with Crippen molar-refractivity contribution in [3.63, 3.8) is 0 Å². The van der Waals surface area contributed by atoms with E-state index in [-0.39, 0.29) is 35.7 Å². The summed E-state index contributed by atoms with van der Waals surface area (Å²) in [7, 11) is 0. The molecular formula is C23H20FN7O2S. The molecule has 0 unspecified atom stereocenters. The molecule has 0 bridgehead atoms. The first-order valence-electron chi connectivity index (χ1n) is 10.6. The number of aromatic amines is 1. The first kappa shape index (κ1) is 21.8. The zero-order chi connectivity index (χ0) is 23.7. The molecule has 1 aliphatic rings. The fraction of sp³-hybridized carbons (Fsp3) is 0.217. The molecule has 0 fully saturated rings. The lowest BCUT2D eigenvalue weighted by Crippen LogP contribution is -2.29. The number of amides is 2. The Morgan fingerprint density at radius 1 is 1.12 bits per heavy atom. The molecule has 0 saturated heterocycles. The number of nitrogens with one attached hydrogen (secondary N) is 3. The largest absolute Gasteiger partial charge is 0.347 e. The Morgan fingerprint density at radius 3 is 2.71 bits per heavy atom. The SMILES string of the molecule is Cc1cc(CNC(=O)c2cc(C(=O)N[C@H]3CCc4cc(-c5ncn[nH]5)sc43)ncn2)ccc1F. The molecule has 0 spiro atoms. The predicted octanol–water partition coefficient (Wildman–Crippen LogP) is 3.12. The number of halogens is 1. The van der Waals surface area contributed by atoms with Gasteiger partial charge in [0.05, 0.1) is 10.9 Å². The van der Waals surface area contributed by atoms with Gasteiger partial charge in [-0.1, -0.05) is 12.1 Å². The highest BCUT2D eigenvalue weighted by atomic mass is 32.1. The Labute approximate surface area is 197 Å². The van der Waals surface area contributed by atoms with Crippen LogP contribution in [0.25, 0.3) is 10.7 Å². The van der Waals surface area contributed by atoms with Crippen LogP contribution in [0.4, 0.5) is 4.39 Å². The number of nitrogens with zero attached hydrogens (tertiary/aromatic N) is 4. The molecule has 4 aromatic rings. The third-order valence-electron chi connectivity index (χ3n) is 5.62. The summed E-state index contributed by atoms with van der Waals surface area (Å²) in [4.78, 5) is 39.7. The first-order valence-corrected chi connectivity index (χ1v) is 11.4. The summed E-state index contributed by atoms with van der Waals surface area (Å²) in [5, 5.41) is 12.5. The highest BCUT2D eigenvalue weighted by Crippen LogP contribution is 2.40. The maximum absolute atomic E-state index is 13.4. The van der Waals surface area contributed by atoms with Crippen LogP contribution >= 0.6 is 11.3 Å². The number of carbonyl (C=O) groups is 2. The summed E-state index contributed by atoms with van der Waals surface area (Å²) < 4.78 is 13.4. The maximum atomic E-state index is 13.4. The molecule has 3 aromatic heterocycles. The van der Waals surface area contributed by atoms with Gasteiger partial charge in [0.1, 0.15) is 29.9 Å². The smallest absolute Gasteiger partial charge is 0.270 e. The van der Waals surface area contributed by atoms with Crippen LogP contribution in [-0.4, -0.2) is 37.0 Å². The topological polar surface area (TPSA) is 126 Å². The number of H-pyrrole nitrogens is 1. The molecule has 0 radical (unpaired) electrons. The summed E-state index contributed by atoms with van der Waals surface area (Å²) in [6.07, 6.45) is 4.30. The normalized spacial score (nSPS) is 14.6. The standard InChI is InChI=1S/C23H20FN7O2S/c1-12-6-13(2-4-15(12)24)9-25-22(32)17-8-18(27-10-26-17)23(33)30-16-5-3-14-7-19(34-20(14)16)21-28-11-29-31-21/h2,4,6-8,10-11,16H,3,5,9H2,1H3,(H,25,32)(H,30,33)(H,28,29,31)/t16-/m0/s1. The number of aryl methyl sites for hydroxylation is 2. The van der Waals surface area contributed by atoms with Crippen molar-refractivity contribution in [1.29, 1.82) is 0 Å². The molecule has 11 heteroatoms. The maximum Gasteiger partial charge on any atom is 0.270 e. The molecular weight excluding hydrogens is 457 g/mol. The van der Waals surface area contributed by atoms with Gasteiger partial charge in [0.15, 0.2) is 5.82 Å². The average Bonchev–Trinajstić information content (AvgIpc) is 3.58. The molecule has 5 rings (SSSR count). The highest BCUT2D eigenvalue weighted by Gasteiger charge is 2.28. The van der Waals surface area contributed by atoms with Crippen LogP contribution < -0.4 is 10.6 Å². The fourth-order valence-corrected chi connectivity index (χ4v) is 5.11. The molecule has 3 N–H and O–H groups in total. The number of fused-ring (bicyclic) bond motifs is 1. The number of aromatic nitrogens is 5. The van der Waals surface area contributed by atoms with E-state index in [1.807, 2.05) is 0 Å². The second-order valence-electron chi connectivity index (χ2n) is 7.95. The third-order valence-corrected chi connectivity index (χ3v) is 6.92. The minimum absolute atomic E-state index is 0.0785. The van der Waals surface area contributed by atoms with Crippen LogP contribution in [0.3, 0.4) is 0 Å². The Bertz CT molecular complexity index is 1370. The van der Waals surface area contributed by atoms with Gasteiger partial charge in [0.2, 0.25) is 0 Å². The van der Waals surface area contributed by atoms with E-state index < -0.39 is 5.91 Å². The van der Waals surface area contributed by atoms with Gasteiger partial charge in [0, 0.05) is 17.5 Å². The van der Waals surface area contributed by atoms with Crippen LogP contribution in [0, 0.1) is 12.7 Å². The summed E-state index contributed by atoms with van der Waals surface area (Å²) >= 11 is 1.57. The predicted molar refractivity (Wildman–Crippen MR) is 123 cm³/mol. The Balaban J connectivity index is 1.24. The number of hydrogen-bond donors (Lipinski definition) is 3. The van der Waals surface area contributed by atoms with Gasteiger partial charge in [0.25, 0.3) is 11.8 Å². The van der Waals surface area contributed by atoms with Crippen LogP contribution in [0.15, 0.2) is 43.0 Å². The Kier molecular flexibility index (Phi) is 5.84. The second-order valence-corrected chi connectivity index (χ2v) is 9.04. The Morgan fingerprint density at radius 2 is 1.94 bits per heavy atom. The van der Waals surface area contributed by atoms with E-state index in [2.05, 4.69) is 41.8 Å². The van der Waals surface area contributed by atoms with Gasteiger partial charge >= 0.3 is 0 Å². The van der Waals surface area contributed by atoms with Crippen molar-refractivity contribution >= 4 is 23.2 Å². The van der Waals surface area contributed by atoms with Crippen molar-refractivity contribution in [3.8, 4) is 10.7 Å². The minimum atomic E-state index is -0.448. The average molecular weight is 478 g/mol. The van der Waals surface area contributed by atoms with E-state index >= 15 is 0 Å². The number of carbonyl (C=O) groups excluding carboxylic acids is 2. The van der Waals surface area contributed by atoms with Crippen molar-refractivity contribution in [3.05, 3.63) is 81.8 Å². The zero-order valence-electron chi connectivity index (χ0n) is 18.1. The highest BCUT2D eigenvalue weighted by molar-refractivity contribution is 7.15. The van der Waals surface area contributed by atoms with Gasteiger partial charge < -0.3 is 10.6 Å². The molecule has 1 aliphatic carbocycles. The van der Waals surface area contributed by atoms with Crippen molar-refractivity contribution in [1.82, 2.24) is 35.8 Å². The summed E-state index contributed by atoms with van der Waals surface area (Å²) in [6, 6.07) is 7.93. The van der Waals surface area contributed by atoms with E-state index in [0.29, 0.717) is 11.4 Å². The summed E-state index contributed by atoms with van der Waals surface area (Å²) in [6.45, 7) is 1.87. The summed E-state index contributed by atoms with van der Waals surface area (Å²) in [5.74, 6) is -0.422. The zero-order valence-corrected chi connectivity index (χ0v) is 18.9. The van der Waals surface area contributed by atoms with Gasteiger partial charge in [-0.15, -0.1) is 11.3 Å². The molecule has 0 aliphatic heterocycles. The van der Waals surface area contributed by atoms with Gasteiger partial charge in [-0.3, -0.25) is 14.7 Å². The summed E-state index contributed by atoms with van der Waals surface area (Å²) in [5.41, 5.74) is 2.63. The van der Waals surface area contributed by atoms with Crippen LogP contribution in [0.5, 0.6) is 0 Å². The molecule has 34 heavy (non-hydrogen) atoms. The number of thiophene rings is 1. The molecule has 9 nitrogen and oxygen atoms in total. The quantitative estimate of drug-likeness (QED) is 0.392.